The molecular weight excluding hydrogens is 380 g/mol. The minimum atomic E-state index is -0.847. The van der Waals surface area contributed by atoms with Gasteiger partial charge in [0, 0.05) is 10.9 Å². The van der Waals surface area contributed by atoms with Crippen LogP contribution in [0.2, 0.25) is 5.02 Å². The van der Waals surface area contributed by atoms with E-state index in [0.717, 1.165) is 25.2 Å². The van der Waals surface area contributed by atoms with Gasteiger partial charge in [-0.15, -0.1) is 0 Å². The molecule has 1 aromatic carbocycles. The Morgan fingerprint density at radius 3 is 2.71 bits per heavy atom. The van der Waals surface area contributed by atoms with E-state index < -0.39 is 5.97 Å². The van der Waals surface area contributed by atoms with Crippen molar-refractivity contribution in [3.63, 3.8) is 0 Å². The molecule has 1 aromatic heterocycles. The third kappa shape index (κ3) is 6.51. The molecule has 2 aromatic rings. The quantitative estimate of drug-likeness (QED) is 0.551. The molecule has 7 heteroatoms. The summed E-state index contributed by atoms with van der Waals surface area (Å²) >= 11 is 5.86. The number of aliphatic carboxylic acids is 1. The van der Waals surface area contributed by atoms with Crippen LogP contribution in [0.5, 0.6) is 5.75 Å². The second-order valence-corrected chi connectivity index (χ2v) is 7.96. The molecule has 1 N–H and O–H groups in total. The predicted molar refractivity (Wildman–Crippen MR) is 106 cm³/mol. The van der Waals surface area contributed by atoms with E-state index in [4.69, 9.17) is 20.9 Å². The van der Waals surface area contributed by atoms with Gasteiger partial charge in [0.05, 0.1) is 6.42 Å². The number of aromatic nitrogens is 2. The fourth-order valence-electron chi connectivity index (χ4n) is 3.82. The maximum Gasteiger partial charge on any atom is 0.304 e. The molecule has 6 nitrogen and oxygen atoms in total. The van der Waals surface area contributed by atoms with Gasteiger partial charge in [-0.2, -0.15) is 4.98 Å². The van der Waals surface area contributed by atoms with E-state index in [1.54, 1.807) is 24.3 Å². The second-order valence-electron chi connectivity index (χ2n) is 7.52. The van der Waals surface area contributed by atoms with Gasteiger partial charge in [0.15, 0.2) is 6.61 Å². The zero-order valence-corrected chi connectivity index (χ0v) is 16.7. The number of hydrogen-bond donors (Lipinski definition) is 1. The Hall–Kier alpha value is -2.08. The molecule has 0 unspecified atom stereocenters. The first-order chi connectivity index (χ1) is 13.6. The zero-order chi connectivity index (χ0) is 19.8. The highest BCUT2D eigenvalue weighted by molar-refractivity contribution is 6.30. The summed E-state index contributed by atoms with van der Waals surface area (Å²) in [6, 6.07) is 7.02. The Morgan fingerprint density at radius 2 is 2.00 bits per heavy atom. The highest BCUT2D eigenvalue weighted by Gasteiger charge is 2.23. The smallest absolute Gasteiger partial charge is 0.304 e. The van der Waals surface area contributed by atoms with Crippen molar-refractivity contribution >= 4 is 17.6 Å². The number of rotatable bonds is 10. The number of ether oxygens (including phenoxy) is 1. The monoisotopic (exact) mass is 406 g/mol. The van der Waals surface area contributed by atoms with Gasteiger partial charge in [0.2, 0.25) is 11.7 Å². The average Bonchev–Trinajstić information content (AvgIpc) is 3.16. The third-order valence-electron chi connectivity index (χ3n) is 5.33. The molecule has 0 spiro atoms. The number of nitrogens with zero attached hydrogens (tertiary/aromatic N) is 2. The van der Waals surface area contributed by atoms with Crippen molar-refractivity contribution in [3.8, 4) is 5.75 Å². The van der Waals surface area contributed by atoms with Gasteiger partial charge < -0.3 is 14.4 Å². The molecular formula is C21H27ClN2O4. The Labute approximate surface area is 170 Å². The van der Waals surface area contributed by atoms with Crippen LogP contribution in [0.25, 0.3) is 0 Å². The van der Waals surface area contributed by atoms with E-state index >= 15 is 0 Å². The molecule has 1 saturated carbocycles. The summed E-state index contributed by atoms with van der Waals surface area (Å²) in [4.78, 5) is 15.6. The molecule has 28 heavy (non-hydrogen) atoms. The van der Waals surface area contributed by atoms with E-state index in [2.05, 4.69) is 10.1 Å². The molecule has 3 rings (SSSR count). The third-order valence-corrected chi connectivity index (χ3v) is 5.58. The normalized spacial score (nSPS) is 16.0. The minimum Gasteiger partial charge on any atom is -0.485 e. The number of benzene rings is 1. The van der Waals surface area contributed by atoms with Crippen LogP contribution in [-0.2, 0) is 11.4 Å². The Bertz CT molecular complexity index is 741. The summed E-state index contributed by atoms with van der Waals surface area (Å²) in [6.07, 6.45) is 9.49. The molecule has 1 atom stereocenters. The second kappa shape index (κ2) is 10.5. The van der Waals surface area contributed by atoms with Crippen LogP contribution in [0.3, 0.4) is 0 Å². The van der Waals surface area contributed by atoms with E-state index in [-0.39, 0.29) is 18.9 Å². The first-order valence-electron chi connectivity index (χ1n) is 10.0. The Balaban J connectivity index is 1.52. The summed E-state index contributed by atoms with van der Waals surface area (Å²) < 4.78 is 11.0. The van der Waals surface area contributed by atoms with E-state index in [9.17, 15) is 9.90 Å². The van der Waals surface area contributed by atoms with Crippen molar-refractivity contribution in [2.75, 3.05) is 0 Å². The Morgan fingerprint density at radius 1 is 1.25 bits per heavy atom. The Kier molecular flexibility index (Phi) is 7.71. The van der Waals surface area contributed by atoms with Crippen LogP contribution in [0.4, 0.5) is 0 Å². The molecule has 1 aliphatic rings. The van der Waals surface area contributed by atoms with E-state index in [1.165, 1.54) is 32.1 Å². The maximum atomic E-state index is 11.3. The van der Waals surface area contributed by atoms with Gasteiger partial charge in [0.25, 0.3) is 0 Å². The first kappa shape index (κ1) is 20.6. The molecule has 0 bridgehead atoms. The van der Waals surface area contributed by atoms with Gasteiger partial charge in [-0.3, -0.25) is 4.79 Å². The van der Waals surface area contributed by atoms with Crippen LogP contribution in [0.15, 0.2) is 28.8 Å². The summed E-state index contributed by atoms with van der Waals surface area (Å²) in [6.45, 7) is 0.160. The SMILES string of the molecule is O=C(O)C[C@@H](CCCC1CCCCC1)c1nc(COc2ccc(Cl)cc2)no1. The number of carboxylic acid groups (broad SMARTS) is 1. The van der Waals surface area contributed by atoms with Crippen LogP contribution >= 0.6 is 11.6 Å². The molecule has 1 aliphatic carbocycles. The average molecular weight is 407 g/mol. The fourth-order valence-corrected chi connectivity index (χ4v) is 3.95. The van der Waals surface area contributed by atoms with Crippen molar-refractivity contribution in [2.24, 2.45) is 5.92 Å². The largest absolute Gasteiger partial charge is 0.485 e. The van der Waals surface area contributed by atoms with Crippen molar-refractivity contribution in [3.05, 3.63) is 41.0 Å². The maximum absolute atomic E-state index is 11.3. The van der Waals surface area contributed by atoms with Crippen LogP contribution in [0, 0.1) is 5.92 Å². The molecule has 0 saturated heterocycles. The fraction of sp³-hybridized carbons (Fsp3) is 0.571. The predicted octanol–water partition coefficient (Wildman–Crippen LogP) is 5.61. The van der Waals surface area contributed by atoms with Gasteiger partial charge in [-0.25, -0.2) is 0 Å². The lowest BCUT2D eigenvalue weighted by atomic mass is 9.84. The van der Waals surface area contributed by atoms with Gasteiger partial charge in [0.1, 0.15) is 5.75 Å². The van der Waals surface area contributed by atoms with Crippen molar-refractivity contribution < 1.29 is 19.2 Å². The van der Waals surface area contributed by atoms with E-state index in [1.807, 2.05) is 0 Å². The molecule has 1 fully saturated rings. The summed E-state index contributed by atoms with van der Waals surface area (Å²) in [7, 11) is 0. The highest BCUT2D eigenvalue weighted by atomic mass is 35.5. The van der Waals surface area contributed by atoms with Crippen molar-refractivity contribution in [1.82, 2.24) is 10.1 Å². The summed E-state index contributed by atoms with van der Waals surface area (Å²) in [5.74, 6) is 1.14. The van der Waals surface area contributed by atoms with Crippen LogP contribution in [-0.4, -0.2) is 21.2 Å². The van der Waals surface area contributed by atoms with Crippen LogP contribution in [0.1, 0.15) is 75.4 Å². The van der Waals surface area contributed by atoms with Gasteiger partial charge in [-0.1, -0.05) is 61.7 Å². The summed E-state index contributed by atoms with van der Waals surface area (Å²) in [5, 5.41) is 13.8. The highest BCUT2D eigenvalue weighted by Crippen LogP contribution is 2.31. The number of hydrogen-bond acceptors (Lipinski definition) is 5. The van der Waals surface area contributed by atoms with Gasteiger partial charge in [-0.05, 0) is 36.6 Å². The minimum absolute atomic E-state index is 0.00431. The lowest BCUT2D eigenvalue weighted by Gasteiger charge is -2.21. The zero-order valence-electron chi connectivity index (χ0n) is 16.0. The van der Waals surface area contributed by atoms with Crippen LogP contribution < -0.4 is 4.74 Å². The van der Waals surface area contributed by atoms with E-state index in [0.29, 0.717) is 22.5 Å². The number of carboxylic acids is 1. The van der Waals surface area contributed by atoms with Crippen molar-refractivity contribution in [1.29, 1.82) is 0 Å². The molecule has 0 aliphatic heterocycles. The molecule has 0 radical (unpaired) electrons. The number of halogens is 1. The molecule has 1 heterocycles. The number of carbonyl (C=O) groups is 1. The molecule has 152 valence electrons. The first-order valence-corrected chi connectivity index (χ1v) is 10.4. The lowest BCUT2D eigenvalue weighted by molar-refractivity contribution is -0.137. The summed E-state index contributed by atoms with van der Waals surface area (Å²) in [5.41, 5.74) is 0. The molecule has 0 amide bonds. The topological polar surface area (TPSA) is 85.5 Å². The van der Waals surface area contributed by atoms with Gasteiger partial charge >= 0.3 is 5.97 Å². The van der Waals surface area contributed by atoms with Crippen molar-refractivity contribution in [2.45, 2.75) is 70.3 Å². The standard InChI is InChI=1S/C21H27ClN2O4/c22-17-9-11-18(12-10-17)27-14-19-23-21(28-24-19)16(13-20(25)26)8-4-7-15-5-2-1-3-6-15/h9-12,15-16H,1-8,13-14H2,(H,25,26)/t16-/m1/s1. The lowest BCUT2D eigenvalue weighted by Crippen LogP contribution is -2.10.